The van der Waals surface area contributed by atoms with Crippen molar-refractivity contribution in [2.45, 2.75) is 12.8 Å². The minimum atomic E-state index is -1.23. The number of carboxylic acids is 1. The van der Waals surface area contributed by atoms with Gasteiger partial charge in [0.2, 0.25) is 0 Å². The lowest BCUT2D eigenvalue weighted by atomic mass is 10.0. The Kier molecular flexibility index (Phi) is 3.04. The molecule has 1 aliphatic rings. The molecule has 0 aromatic heterocycles. The summed E-state index contributed by atoms with van der Waals surface area (Å²) in [6.07, 6.45) is 2.81. The molecule has 17 heavy (non-hydrogen) atoms. The molecule has 0 aliphatic heterocycles. The Labute approximate surface area is 97.6 Å². The minimum absolute atomic E-state index is 0.141. The zero-order chi connectivity index (χ0) is 12.4. The van der Waals surface area contributed by atoms with E-state index in [1.54, 1.807) is 0 Å². The van der Waals surface area contributed by atoms with E-state index in [9.17, 15) is 14.0 Å². The van der Waals surface area contributed by atoms with Crippen LogP contribution >= 0.6 is 0 Å². The summed E-state index contributed by atoms with van der Waals surface area (Å²) in [4.78, 5) is 22.7. The van der Waals surface area contributed by atoms with Crippen LogP contribution in [0.5, 0.6) is 0 Å². The predicted molar refractivity (Wildman–Crippen MR) is 59.7 cm³/mol. The number of benzene rings is 1. The molecule has 0 atom stereocenters. The molecule has 4 heteroatoms. The van der Waals surface area contributed by atoms with Gasteiger partial charge < -0.3 is 5.11 Å². The van der Waals surface area contributed by atoms with Gasteiger partial charge >= 0.3 is 5.97 Å². The van der Waals surface area contributed by atoms with Crippen LogP contribution in [-0.2, 0) is 9.59 Å². The highest BCUT2D eigenvalue weighted by Crippen LogP contribution is 2.32. The first-order chi connectivity index (χ1) is 8.08. The first-order valence-electron chi connectivity index (χ1n) is 5.32. The maximum atomic E-state index is 12.7. The standard InChI is InChI=1S/C13H11FO3/c14-10-5-1-8(2-6-10)7-11(13(16)17)12(15)9-3-4-9/h1-2,5-7,9H,3-4H2,(H,16,17)/b11-7+. The van der Waals surface area contributed by atoms with Crippen molar-refractivity contribution in [3.05, 3.63) is 41.2 Å². The van der Waals surface area contributed by atoms with E-state index in [1.165, 1.54) is 30.3 Å². The maximum Gasteiger partial charge on any atom is 0.339 e. The molecule has 0 radical (unpaired) electrons. The van der Waals surface area contributed by atoms with Crippen molar-refractivity contribution in [1.29, 1.82) is 0 Å². The molecule has 1 fully saturated rings. The Morgan fingerprint density at radius 1 is 1.24 bits per heavy atom. The van der Waals surface area contributed by atoms with Crippen LogP contribution in [0.2, 0.25) is 0 Å². The summed E-state index contributed by atoms with van der Waals surface area (Å²) in [5.74, 6) is -2.10. The Balaban J connectivity index is 2.28. The number of rotatable bonds is 4. The van der Waals surface area contributed by atoms with Crippen LogP contribution in [-0.4, -0.2) is 16.9 Å². The first kappa shape index (κ1) is 11.5. The van der Waals surface area contributed by atoms with E-state index in [1.807, 2.05) is 0 Å². The van der Waals surface area contributed by atoms with Gasteiger partial charge in [0.25, 0.3) is 0 Å². The second-order valence-electron chi connectivity index (χ2n) is 4.05. The normalized spacial score (nSPS) is 15.7. The summed E-state index contributed by atoms with van der Waals surface area (Å²) in [7, 11) is 0. The smallest absolute Gasteiger partial charge is 0.339 e. The van der Waals surface area contributed by atoms with Gasteiger partial charge in [-0.25, -0.2) is 9.18 Å². The summed E-state index contributed by atoms with van der Waals surface area (Å²) < 4.78 is 12.7. The highest BCUT2D eigenvalue weighted by Gasteiger charge is 2.34. The second-order valence-corrected chi connectivity index (χ2v) is 4.05. The SMILES string of the molecule is O=C(O)/C(=C/c1ccc(F)cc1)C(=O)C1CC1. The number of carboxylic acid groups (broad SMARTS) is 1. The number of halogens is 1. The molecule has 1 aromatic carbocycles. The number of Topliss-reactive ketones (excluding diaryl/α,β-unsaturated/α-hetero) is 1. The average molecular weight is 234 g/mol. The number of carbonyl (C=O) groups excluding carboxylic acids is 1. The third kappa shape index (κ3) is 2.78. The van der Waals surface area contributed by atoms with Gasteiger partial charge in [0.05, 0.1) is 0 Å². The Morgan fingerprint density at radius 3 is 2.29 bits per heavy atom. The van der Waals surface area contributed by atoms with Crippen LogP contribution in [0.25, 0.3) is 6.08 Å². The van der Waals surface area contributed by atoms with Crippen LogP contribution in [0.3, 0.4) is 0 Å². The van der Waals surface area contributed by atoms with Crippen LogP contribution in [0, 0.1) is 11.7 Å². The van der Waals surface area contributed by atoms with Gasteiger partial charge in [0.1, 0.15) is 11.4 Å². The van der Waals surface area contributed by atoms with Crippen molar-refractivity contribution in [3.8, 4) is 0 Å². The predicted octanol–water partition coefficient (Wildman–Crippen LogP) is 2.27. The monoisotopic (exact) mass is 234 g/mol. The highest BCUT2D eigenvalue weighted by atomic mass is 19.1. The van der Waals surface area contributed by atoms with E-state index in [0.717, 1.165) is 12.8 Å². The van der Waals surface area contributed by atoms with Crippen LogP contribution in [0.1, 0.15) is 18.4 Å². The van der Waals surface area contributed by atoms with Gasteiger partial charge in [-0.1, -0.05) is 12.1 Å². The molecule has 1 aromatic rings. The zero-order valence-corrected chi connectivity index (χ0v) is 9.02. The fourth-order valence-electron chi connectivity index (χ4n) is 1.53. The molecule has 0 saturated heterocycles. The molecule has 2 rings (SSSR count). The molecular formula is C13H11FO3. The van der Waals surface area contributed by atoms with E-state index in [-0.39, 0.29) is 17.3 Å². The summed E-state index contributed by atoms with van der Waals surface area (Å²) in [5.41, 5.74) is 0.289. The van der Waals surface area contributed by atoms with Crippen LogP contribution in [0.4, 0.5) is 4.39 Å². The maximum absolute atomic E-state index is 12.7. The molecule has 0 spiro atoms. The lowest BCUT2D eigenvalue weighted by Gasteiger charge is -2.00. The lowest BCUT2D eigenvalue weighted by molar-refractivity contribution is -0.134. The van der Waals surface area contributed by atoms with Crippen molar-refractivity contribution in [2.24, 2.45) is 5.92 Å². The lowest BCUT2D eigenvalue weighted by Crippen LogP contribution is -2.13. The quantitative estimate of drug-likeness (QED) is 0.494. The second kappa shape index (κ2) is 4.49. The number of ketones is 1. The molecule has 0 unspecified atom stereocenters. The first-order valence-corrected chi connectivity index (χ1v) is 5.32. The summed E-state index contributed by atoms with van der Waals surface area (Å²) >= 11 is 0. The van der Waals surface area contributed by atoms with Gasteiger partial charge in [-0.3, -0.25) is 4.79 Å². The average Bonchev–Trinajstić information content (AvgIpc) is 3.11. The number of carbonyl (C=O) groups is 2. The van der Waals surface area contributed by atoms with E-state index in [4.69, 9.17) is 5.11 Å². The van der Waals surface area contributed by atoms with Crippen molar-refractivity contribution >= 4 is 17.8 Å². The van der Waals surface area contributed by atoms with E-state index < -0.39 is 11.8 Å². The zero-order valence-electron chi connectivity index (χ0n) is 9.02. The number of hydrogen-bond acceptors (Lipinski definition) is 2. The Hall–Kier alpha value is -1.97. The number of aliphatic carboxylic acids is 1. The third-order valence-corrected chi connectivity index (χ3v) is 2.63. The van der Waals surface area contributed by atoms with E-state index >= 15 is 0 Å². The number of hydrogen-bond donors (Lipinski definition) is 1. The molecule has 3 nitrogen and oxygen atoms in total. The Bertz CT molecular complexity index is 484. The van der Waals surface area contributed by atoms with E-state index in [2.05, 4.69) is 0 Å². The van der Waals surface area contributed by atoms with E-state index in [0.29, 0.717) is 5.56 Å². The fraction of sp³-hybridized carbons (Fsp3) is 0.231. The van der Waals surface area contributed by atoms with Gasteiger partial charge in [-0.2, -0.15) is 0 Å². The Morgan fingerprint density at radius 2 is 1.82 bits per heavy atom. The molecular weight excluding hydrogens is 223 g/mol. The van der Waals surface area contributed by atoms with Gasteiger partial charge in [-0.15, -0.1) is 0 Å². The molecule has 1 aliphatic carbocycles. The molecule has 0 heterocycles. The fourth-order valence-corrected chi connectivity index (χ4v) is 1.53. The van der Waals surface area contributed by atoms with Crippen LogP contribution in [0.15, 0.2) is 29.8 Å². The largest absolute Gasteiger partial charge is 0.478 e. The van der Waals surface area contributed by atoms with Crippen molar-refractivity contribution in [2.75, 3.05) is 0 Å². The summed E-state index contributed by atoms with van der Waals surface area (Å²) in [5, 5.41) is 8.97. The van der Waals surface area contributed by atoms with Gasteiger partial charge in [-0.05, 0) is 36.6 Å². The topological polar surface area (TPSA) is 54.4 Å². The molecule has 1 saturated carbocycles. The van der Waals surface area contributed by atoms with Crippen LogP contribution < -0.4 is 0 Å². The van der Waals surface area contributed by atoms with Gasteiger partial charge in [0.15, 0.2) is 5.78 Å². The third-order valence-electron chi connectivity index (χ3n) is 2.63. The van der Waals surface area contributed by atoms with Crippen molar-refractivity contribution in [1.82, 2.24) is 0 Å². The highest BCUT2D eigenvalue weighted by molar-refractivity contribution is 6.21. The van der Waals surface area contributed by atoms with Crippen molar-refractivity contribution in [3.63, 3.8) is 0 Å². The minimum Gasteiger partial charge on any atom is -0.478 e. The summed E-state index contributed by atoms with van der Waals surface area (Å²) in [6.45, 7) is 0. The molecule has 1 N–H and O–H groups in total. The molecule has 88 valence electrons. The molecule has 0 bridgehead atoms. The van der Waals surface area contributed by atoms with Gasteiger partial charge in [0, 0.05) is 5.92 Å². The van der Waals surface area contributed by atoms with Crippen molar-refractivity contribution < 1.29 is 19.1 Å². The molecule has 0 amide bonds. The summed E-state index contributed by atoms with van der Waals surface area (Å²) in [6, 6.07) is 5.34.